The van der Waals surface area contributed by atoms with E-state index in [1.165, 1.54) is 0 Å². The van der Waals surface area contributed by atoms with Crippen molar-refractivity contribution >= 4 is 39.6 Å². The van der Waals surface area contributed by atoms with E-state index in [0.717, 1.165) is 22.9 Å². The van der Waals surface area contributed by atoms with Crippen LogP contribution in [0.1, 0.15) is 25.3 Å². The van der Waals surface area contributed by atoms with E-state index >= 15 is 0 Å². The van der Waals surface area contributed by atoms with Crippen LogP contribution in [-0.4, -0.2) is 39.1 Å². The van der Waals surface area contributed by atoms with Crippen molar-refractivity contribution in [2.24, 2.45) is 0 Å². The molecule has 2 atom stereocenters. The molecular formula is C15H18BrNO3S. The standard InChI is InChI=1S/C15H18BrNO3S/c1-2-3-14-17(12(9-21-14)15(19)20)13(18)8-10-4-6-11(16)7-5-10/h4-7,12,14H,2-3,8-9H2,1H3,(H,19,20). The van der Waals surface area contributed by atoms with Crippen LogP contribution in [0.15, 0.2) is 28.7 Å². The number of halogens is 1. The average Bonchev–Trinajstić information content (AvgIpc) is 2.86. The quantitative estimate of drug-likeness (QED) is 0.863. The Balaban J connectivity index is 2.12. The predicted octanol–water partition coefficient (Wildman–Crippen LogP) is 3.15. The van der Waals surface area contributed by atoms with Crippen LogP contribution in [0.2, 0.25) is 0 Å². The van der Waals surface area contributed by atoms with Gasteiger partial charge in [-0.05, 0) is 24.1 Å². The van der Waals surface area contributed by atoms with Crippen LogP contribution in [0.5, 0.6) is 0 Å². The number of carboxylic acids is 1. The molecule has 21 heavy (non-hydrogen) atoms. The van der Waals surface area contributed by atoms with Gasteiger partial charge in [-0.25, -0.2) is 4.79 Å². The minimum atomic E-state index is -0.912. The molecule has 1 aliphatic rings. The van der Waals surface area contributed by atoms with Gasteiger partial charge < -0.3 is 10.0 Å². The highest BCUT2D eigenvalue weighted by Gasteiger charge is 2.40. The van der Waals surface area contributed by atoms with E-state index in [2.05, 4.69) is 15.9 Å². The van der Waals surface area contributed by atoms with Crippen molar-refractivity contribution in [3.8, 4) is 0 Å². The first-order chi connectivity index (χ1) is 10.0. The van der Waals surface area contributed by atoms with E-state index in [9.17, 15) is 14.7 Å². The number of benzene rings is 1. The van der Waals surface area contributed by atoms with Crippen molar-refractivity contribution in [3.05, 3.63) is 34.3 Å². The molecule has 1 fully saturated rings. The molecule has 1 aliphatic heterocycles. The van der Waals surface area contributed by atoms with Gasteiger partial charge in [-0.1, -0.05) is 41.4 Å². The maximum absolute atomic E-state index is 12.5. The lowest BCUT2D eigenvalue weighted by Gasteiger charge is -2.27. The van der Waals surface area contributed by atoms with Crippen molar-refractivity contribution in [2.75, 3.05) is 5.75 Å². The highest BCUT2D eigenvalue weighted by Crippen LogP contribution is 2.32. The number of carbonyl (C=O) groups excluding carboxylic acids is 1. The number of carboxylic acid groups (broad SMARTS) is 1. The molecule has 1 aromatic carbocycles. The Hall–Kier alpha value is -1.01. The fourth-order valence-corrected chi connectivity index (χ4v) is 4.23. The van der Waals surface area contributed by atoms with Crippen LogP contribution < -0.4 is 0 Å². The highest BCUT2D eigenvalue weighted by molar-refractivity contribution is 9.10. The van der Waals surface area contributed by atoms with Crippen molar-refractivity contribution in [2.45, 2.75) is 37.6 Å². The Bertz CT molecular complexity index is 520. The van der Waals surface area contributed by atoms with E-state index in [0.29, 0.717) is 5.75 Å². The van der Waals surface area contributed by atoms with Gasteiger partial charge >= 0.3 is 5.97 Å². The molecule has 1 N–H and O–H groups in total. The third-order valence-electron chi connectivity index (χ3n) is 3.47. The fraction of sp³-hybridized carbons (Fsp3) is 0.467. The largest absolute Gasteiger partial charge is 0.480 e. The van der Waals surface area contributed by atoms with E-state index in [-0.39, 0.29) is 17.7 Å². The second-order valence-electron chi connectivity index (χ2n) is 5.03. The summed E-state index contributed by atoms with van der Waals surface area (Å²) in [7, 11) is 0. The third kappa shape index (κ3) is 4.01. The van der Waals surface area contributed by atoms with Crippen molar-refractivity contribution in [3.63, 3.8) is 0 Å². The molecule has 114 valence electrons. The molecule has 0 radical (unpaired) electrons. The average molecular weight is 372 g/mol. The molecule has 0 aliphatic carbocycles. The monoisotopic (exact) mass is 371 g/mol. The van der Waals surface area contributed by atoms with E-state index in [4.69, 9.17) is 0 Å². The SMILES string of the molecule is CCCC1SCC(C(=O)O)N1C(=O)Cc1ccc(Br)cc1. The number of amides is 1. The summed E-state index contributed by atoms with van der Waals surface area (Å²) in [6, 6.07) is 6.85. The van der Waals surface area contributed by atoms with Crippen molar-refractivity contribution in [1.82, 2.24) is 4.90 Å². The highest BCUT2D eigenvalue weighted by atomic mass is 79.9. The molecule has 0 bridgehead atoms. The Morgan fingerprint density at radius 2 is 2.05 bits per heavy atom. The van der Waals surface area contributed by atoms with Crippen molar-refractivity contribution < 1.29 is 14.7 Å². The number of thioether (sulfide) groups is 1. The van der Waals surface area contributed by atoms with Gasteiger partial charge in [0.05, 0.1) is 11.8 Å². The van der Waals surface area contributed by atoms with E-state index in [1.54, 1.807) is 16.7 Å². The first-order valence-electron chi connectivity index (χ1n) is 6.93. The molecule has 1 aromatic rings. The van der Waals surface area contributed by atoms with Crippen molar-refractivity contribution in [1.29, 1.82) is 0 Å². The normalized spacial score (nSPS) is 21.5. The lowest BCUT2D eigenvalue weighted by molar-refractivity contribution is -0.148. The van der Waals surface area contributed by atoms with Gasteiger partial charge in [0.2, 0.25) is 5.91 Å². The molecule has 1 heterocycles. The van der Waals surface area contributed by atoms with E-state index < -0.39 is 12.0 Å². The van der Waals surface area contributed by atoms with Crippen LogP contribution >= 0.6 is 27.7 Å². The topological polar surface area (TPSA) is 57.6 Å². The second kappa shape index (κ2) is 7.31. The maximum atomic E-state index is 12.5. The molecule has 2 unspecified atom stereocenters. The molecule has 2 rings (SSSR count). The molecular weight excluding hydrogens is 354 g/mol. The van der Waals surface area contributed by atoms with Crippen LogP contribution in [0.4, 0.5) is 0 Å². The number of hydrogen-bond acceptors (Lipinski definition) is 3. The zero-order valence-electron chi connectivity index (χ0n) is 11.8. The van der Waals surface area contributed by atoms with Gasteiger partial charge in [0.25, 0.3) is 0 Å². The van der Waals surface area contributed by atoms with Crippen LogP contribution in [0, 0.1) is 0 Å². The number of nitrogens with zero attached hydrogens (tertiary/aromatic N) is 1. The van der Waals surface area contributed by atoms with Gasteiger partial charge in [0.15, 0.2) is 0 Å². The number of carbonyl (C=O) groups is 2. The van der Waals surface area contributed by atoms with Gasteiger partial charge in [0, 0.05) is 10.2 Å². The summed E-state index contributed by atoms with van der Waals surface area (Å²) in [6.45, 7) is 2.05. The van der Waals surface area contributed by atoms with Gasteiger partial charge in [-0.2, -0.15) is 0 Å². The zero-order chi connectivity index (χ0) is 15.4. The first-order valence-corrected chi connectivity index (χ1v) is 8.77. The molecule has 0 aromatic heterocycles. The smallest absolute Gasteiger partial charge is 0.327 e. The van der Waals surface area contributed by atoms with E-state index in [1.807, 2.05) is 31.2 Å². The summed E-state index contributed by atoms with van der Waals surface area (Å²) in [6.07, 6.45) is 2.02. The summed E-state index contributed by atoms with van der Waals surface area (Å²) in [5.74, 6) is -0.537. The summed E-state index contributed by atoms with van der Waals surface area (Å²) >= 11 is 4.93. The lowest BCUT2D eigenvalue weighted by Crippen LogP contribution is -2.46. The first kappa shape index (κ1) is 16.4. The number of aliphatic carboxylic acids is 1. The Labute approximate surface area is 137 Å². The number of rotatable bonds is 5. The molecule has 0 saturated carbocycles. The number of hydrogen-bond donors (Lipinski definition) is 1. The summed E-state index contributed by atoms with van der Waals surface area (Å²) in [5.41, 5.74) is 0.902. The van der Waals surface area contributed by atoms with Gasteiger partial charge in [-0.15, -0.1) is 11.8 Å². The van der Waals surface area contributed by atoms with Gasteiger partial charge in [0.1, 0.15) is 6.04 Å². The maximum Gasteiger partial charge on any atom is 0.327 e. The Morgan fingerprint density at radius 3 is 2.62 bits per heavy atom. The Kier molecular flexibility index (Phi) is 5.70. The molecule has 0 spiro atoms. The lowest BCUT2D eigenvalue weighted by atomic mass is 10.1. The molecule has 4 nitrogen and oxygen atoms in total. The molecule has 6 heteroatoms. The minimum absolute atomic E-state index is 0.0148. The summed E-state index contributed by atoms with van der Waals surface area (Å²) < 4.78 is 0.961. The predicted molar refractivity (Wildman–Crippen MR) is 87.3 cm³/mol. The summed E-state index contributed by atoms with van der Waals surface area (Å²) in [5, 5.41) is 9.29. The van der Waals surface area contributed by atoms with Crippen LogP contribution in [0.3, 0.4) is 0 Å². The zero-order valence-corrected chi connectivity index (χ0v) is 14.2. The fourth-order valence-electron chi connectivity index (χ4n) is 2.43. The van der Waals surface area contributed by atoms with Crippen LogP contribution in [0.25, 0.3) is 0 Å². The third-order valence-corrected chi connectivity index (χ3v) is 5.35. The van der Waals surface area contributed by atoms with Crippen LogP contribution in [-0.2, 0) is 16.0 Å². The van der Waals surface area contributed by atoms with Gasteiger partial charge in [-0.3, -0.25) is 4.79 Å². The summed E-state index contributed by atoms with van der Waals surface area (Å²) in [4.78, 5) is 25.5. The molecule has 1 amide bonds. The Morgan fingerprint density at radius 1 is 1.38 bits per heavy atom. The minimum Gasteiger partial charge on any atom is -0.480 e. The molecule has 1 saturated heterocycles. The second-order valence-corrected chi connectivity index (χ2v) is 7.16.